The van der Waals surface area contributed by atoms with Crippen LogP contribution in [0.3, 0.4) is 0 Å². The van der Waals surface area contributed by atoms with Crippen molar-refractivity contribution in [3.8, 4) is 22.8 Å². The Kier molecular flexibility index (Phi) is 6.00. The molecule has 0 N–H and O–H groups in total. The molecule has 30 heavy (non-hydrogen) atoms. The Morgan fingerprint density at radius 2 is 1.73 bits per heavy atom. The number of fused-ring (bicyclic) bond motifs is 1. The van der Waals surface area contributed by atoms with Crippen LogP contribution in [0, 0.1) is 0 Å². The number of furan rings is 1. The van der Waals surface area contributed by atoms with E-state index in [1.807, 2.05) is 48.7 Å². The Balaban J connectivity index is 1.63. The zero-order valence-electron chi connectivity index (χ0n) is 17.6. The maximum atomic E-state index is 6.24. The van der Waals surface area contributed by atoms with Crippen molar-refractivity contribution in [1.29, 1.82) is 0 Å². The summed E-state index contributed by atoms with van der Waals surface area (Å²) in [4.78, 5) is 6.71. The highest BCUT2D eigenvalue weighted by molar-refractivity contribution is 5.90. The first kappa shape index (κ1) is 20.0. The molecular formula is C25H26N2O3. The van der Waals surface area contributed by atoms with Gasteiger partial charge in [-0.15, -0.1) is 0 Å². The van der Waals surface area contributed by atoms with Gasteiger partial charge in [0.2, 0.25) is 0 Å². The number of aromatic nitrogens is 1. The van der Waals surface area contributed by atoms with E-state index in [2.05, 4.69) is 35.1 Å². The second-order valence-corrected chi connectivity index (χ2v) is 7.29. The van der Waals surface area contributed by atoms with Crippen molar-refractivity contribution >= 4 is 11.0 Å². The lowest BCUT2D eigenvalue weighted by Gasteiger charge is -2.17. The van der Waals surface area contributed by atoms with E-state index in [-0.39, 0.29) is 0 Å². The quantitative estimate of drug-likeness (QED) is 0.406. The summed E-state index contributed by atoms with van der Waals surface area (Å²) in [5.41, 5.74) is 3.98. The van der Waals surface area contributed by atoms with Crippen LogP contribution in [0.1, 0.15) is 11.3 Å². The molecule has 0 aliphatic carbocycles. The number of pyridine rings is 1. The molecule has 0 fully saturated rings. The predicted molar refractivity (Wildman–Crippen MR) is 119 cm³/mol. The molecule has 0 amide bonds. The van der Waals surface area contributed by atoms with Gasteiger partial charge in [0.15, 0.2) is 11.3 Å². The van der Waals surface area contributed by atoms with Gasteiger partial charge in [0.25, 0.3) is 0 Å². The summed E-state index contributed by atoms with van der Waals surface area (Å²) < 4.78 is 17.3. The van der Waals surface area contributed by atoms with Gasteiger partial charge in [0, 0.05) is 36.8 Å². The van der Waals surface area contributed by atoms with Gasteiger partial charge in [-0.05, 0) is 49.0 Å². The molecule has 0 aliphatic heterocycles. The van der Waals surface area contributed by atoms with Gasteiger partial charge in [0.1, 0.15) is 11.5 Å². The van der Waals surface area contributed by atoms with Crippen molar-refractivity contribution in [3.05, 3.63) is 78.1 Å². The molecule has 0 aliphatic rings. The number of para-hydroxylation sites is 1. The maximum Gasteiger partial charge on any atom is 0.176 e. The molecule has 0 saturated heterocycles. The van der Waals surface area contributed by atoms with Crippen LogP contribution in [0.4, 0.5) is 0 Å². The summed E-state index contributed by atoms with van der Waals surface area (Å²) in [6.45, 7) is 1.72. The van der Waals surface area contributed by atoms with E-state index in [9.17, 15) is 0 Å². The monoisotopic (exact) mass is 402 g/mol. The Morgan fingerprint density at radius 3 is 2.50 bits per heavy atom. The van der Waals surface area contributed by atoms with Crippen molar-refractivity contribution in [2.24, 2.45) is 0 Å². The highest BCUT2D eigenvalue weighted by atomic mass is 16.5. The minimum absolute atomic E-state index is 0.728. The van der Waals surface area contributed by atoms with Gasteiger partial charge in [-0.3, -0.25) is 4.98 Å². The maximum absolute atomic E-state index is 6.24. The molecule has 5 nitrogen and oxygen atoms in total. The first-order valence-corrected chi connectivity index (χ1v) is 10.0. The van der Waals surface area contributed by atoms with E-state index in [0.717, 1.165) is 59.0 Å². The zero-order valence-corrected chi connectivity index (χ0v) is 17.6. The Bertz CT molecular complexity index is 1120. The van der Waals surface area contributed by atoms with Crippen molar-refractivity contribution < 1.29 is 13.9 Å². The summed E-state index contributed by atoms with van der Waals surface area (Å²) in [5.74, 6) is 2.28. The van der Waals surface area contributed by atoms with Crippen molar-refractivity contribution in [2.45, 2.75) is 13.0 Å². The van der Waals surface area contributed by atoms with Crippen LogP contribution in [0.2, 0.25) is 0 Å². The summed E-state index contributed by atoms with van der Waals surface area (Å²) in [7, 11) is 5.46. The number of nitrogens with zero attached hydrogens (tertiary/aromatic N) is 2. The van der Waals surface area contributed by atoms with Crippen molar-refractivity contribution in [3.63, 3.8) is 0 Å². The molecule has 5 heteroatoms. The fourth-order valence-corrected chi connectivity index (χ4v) is 3.66. The topological polar surface area (TPSA) is 47.7 Å². The van der Waals surface area contributed by atoms with Gasteiger partial charge >= 0.3 is 0 Å². The number of hydrogen-bond acceptors (Lipinski definition) is 5. The highest BCUT2D eigenvalue weighted by Crippen LogP contribution is 2.38. The van der Waals surface area contributed by atoms with E-state index in [0.29, 0.717) is 0 Å². The molecule has 154 valence electrons. The minimum atomic E-state index is 0.728. The number of benzene rings is 2. The van der Waals surface area contributed by atoms with Crippen LogP contribution in [0.15, 0.2) is 71.3 Å². The molecule has 0 saturated carbocycles. The third-order valence-electron chi connectivity index (χ3n) is 5.25. The lowest BCUT2D eigenvalue weighted by Crippen LogP contribution is -2.21. The molecule has 4 rings (SSSR count). The smallest absolute Gasteiger partial charge is 0.176 e. The Morgan fingerprint density at radius 1 is 0.933 bits per heavy atom. The Labute approximate surface area is 176 Å². The molecule has 4 aromatic rings. The van der Waals surface area contributed by atoms with Gasteiger partial charge in [-0.2, -0.15) is 0 Å². The van der Waals surface area contributed by atoms with Gasteiger partial charge < -0.3 is 18.8 Å². The normalized spacial score (nSPS) is 11.2. The van der Waals surface area contributed by atoms with Crippen molar-refractivity contribution in [2.75, 3.05) is 27.8 Å². The summed E-state index contributed by atoms with van der Waals surface area (Å²) >= 11 is 0. The lowest BCUT2D eigenvalue weighted by atomic mass is 10.1. The number of hydrogen-bond donors (Lipinski definition) is 0. The second kappa shape index (κ2) is 9.01. The Hall–Kier alpha value is -3.31. The predicted octanol–water partition coefficient (Wildman–Crippen LogP) is 5.19. The molecule has 2 heterocycles. The van der Waals surface area contributed by atoms with Crippen LogP contribution in [0.25, 0.3) is 22.3 Å². The molecule has 2 aromatic heterocycles. The lowest BCUT2D eigenvalue weighted by molar-refractivity contribution is 0.331. The largest absolute Gasteiger partial charge is 0.496 e. The third-order valence-corrected chi connectivity index (χ3v) is 5.25. The average molecular weight is 402 g/mol. The second-order valence-electron chi connectivity index (χ2n) is 7.29. The fraction of sp³-hybridized carbons (Fsp3) is 0.240. The first-order valence-electron chi connectivity index (χ1n) is 10.0. The molecular weight excluding hydrogens is 376 g/mol. The number of likely N-dealkylation sites (N-methyl/N-ethyl adjacent to an activating group) is 1. The summed E-state index contributed by atoms with van der Waals surface area (Å²) in [5, 5.41) is 1.06. The van der Waals surface area contributed by atoms with Crippen LogP contribution < -0.4 is 9.47 Å². The van der Waals surface area contributed by atoms with E-state index in [1.54, 1.807) is 14.2 Å². The standard InChI is InChI=1S/C25H26N2O3/c1-27(15-13-19-8-6-7-14-26-19)17-18-11-12-23(29-3)25-21(18)16-24(30-25)20-9-4-5-10-22(20)28-2/h4-12,14,16H,13,15,17H2,1-3H3. The van der Waals surface area contributed by atoms with E-state index in [4.69, 9.17) is 13.9 Å². The molecule has 0 unspecified atom stereocenters. The SMILES string of the molecule is COc1ccccc1-c1cc2c(CN(C)CCc3ccccn3)ccc(OC)c2o1. The molecule has 0 atom stereocenters. The zero-order chi connectivity index (χ0) is 20.9. The molecule has 0 bridgehead atoms. The van der Waals surface area contributed by atoms with Crippen LogP contribution >= 0.6 is 0 Å². The number of rotatable bonds is 8. The van der Waals surface area contributed by atoms with Crippen molar-refractivity contribution in [1.82, 2.24) is 9.88 Å². The number of methoxy groups -OCH3 is 2. The fourth-order valence-electron chi connectivity index (χ4n) is 3.66. The van der Waals surface area contributed by atoms with Crippen LogP contribution in [0.5, 0.6) is 11.5 Å². The molecule has 2 aromatic carbocycles. The third kappa shape index (κ3) is 4.16. The van der Waals surface area contributed by atoms with Crippen LogP contribution in [-0.2, 0) is 13.0 Å². The van der Waals surface area contributed by atoms with Crippen LogP contribution in [-0.4, -0.2) is 37.7 Å². The molecule has 0 radical (unpaired) electrons. The summed E-state index contributed by atoms with van der Waals surface area (Å²) in [6.07, 6.45) is 2.75. The van der Waals surface area contributed by atoms with E-state index >= 15 is 0 Å². The highest BCUT2D eigenvalue weighted by Gasteiger charge is 2.17. The summed E-state index contributed by atoms with van der Waals surface area (Å²) in [6, 6.07) is 20.1. The van der Waals surface area contributed by atoms with Gasteiger partial charge in [-0.1, -0.05) is 24.3 Å². The van der Waals surface area contributed by atoms with E-state index in [1.165, 1.54) is 5.56 Å². The molecule has 0 spiro atoms. The van der Waals surface area contributed by atoms with Gasteiger partial charge in [0.05, 0.1) is 19.8 Å². The van der Waals surface area contributed by atoms with Gasteiger partial charge in [-0.25, -0.2) is 0 Å². The van der Waals surface area contributed by atoms with E-state index < -0.39 is 0 Å². The first-order chi connectivity index (χ1) is 14.7. The number of ether oxygens (including phenoxy) is 2. The minimum Gasteiger partial charge on any atom is -0.496 e. The average Bonchev–Trinajstić information content (AvgIpc) is 3.24.